The van der Waals surface area contributed by atoms with Crippen molar-refractivity contribution in [3.63, 3.8) is 0 Å². The van der Waals surface area contributed by atoms with Crippen molar-refractivity contribution in [2.24, 2.45) is 0 Å². The van der Waals surface area contributed by atoms with Crippen molar-refractivity contribution in [3.8, 4) is 0 Å². The van der Waals surface area contributed by atoms with Crippen LogP contribution in [0.5, 0.6) is 0 Å². The molecule has 0 saturated heterocycles. The van der Waals surface area contributed by atoms with Crippen LogP contribution >= 0.6 is 0 Å². The van der Waals surface area contributed by atoms with Crippen LogP contribution in [0, 0.1) is 0 Å². The van der Waals surface area contributed by atoms with E-state index in [1.807, 2.05) is 0 Å². The topological polar surface area (TPSA) is 9.23 Å². The molecule has 1 nitrogen and oxygen atoms in total. The zero-order valence-electron chi connectivity index (χ0n) is 10.5. The van der Waals surface area contributed by atoms with Gasteiger partial charge < -0.3 is 4.43 Å². The first-order valence-corrected chi connectivity index (χ1v) is 8.54. The Kier molecular flexibility index (Phi) is 3.81. The largest absolute Gasteiger partial charge is 0.417 e. The summed E-state index contributed by atoms with van der Waals surface area (Å²) >= 11 is 0. The first kappa shape index (κ1) is 12.2. The summed E-state index contributed by atoms with van der Waals surface area (Å²) in [5, 5.41) is 0.387. The lowest BCUT2D eigenvalue weighted by atomic mass is 10.2. The van der Waals surface area contributed by atoms with E-state index in [0.717, 1.165) is 12.1 Å². The molecule has 0 amide bonds. The Hall–Kier alpha value is 0.177. The highest BCUT2D eigenvalue weighted by atomic mass is 28.4. The second-order valence-electron chi connectivity index (χ2n) is 5.77. The molecule has 0 heterocycles. The molecule has 1 unspecified atom stereocenters. The molecule has 1 rings (SSSR count). The maximum atomic E-state index is 6.22. The third kappa shape index (κ3) is 2.22. The molecule has 1 saturated carbocycles. The molecule has 0 aromatic heterocycles. The van der Waals surface area contributed by atoms with Crippen molar-refractivity contribution in [2.75, 3.05) is 6.61 Å². The van der Waals surface area contributed by atoms with Gasteiger partial charge in [-0.3, -0.25) is 0 Å². The zero-order chi connectivity index (χ0) is 10.8. The minimum Gasteiger partial charge on any atom is -0.417 e. The van der Waals surface area contributed by atoms with Gasteiger partial charge in [0.25, 0.3) is 0 Å². The molecule has 0 spiro atoms. The summed E-state index contributed by atoms with van der Waals surface area (Å²) in [6.45, 7) is 12.6. The highest BCUT2D eigenvalue weighted by molar-refractivity contribution is 6.76. The van der Waals surface area contributed by atoms with Crippen LogP contribution in [0.25, 0.3) is 0 Å². The van der Waals surface area contributed by atoms with Gasteiger partial charge in [-0.15, -0.1) is 0 Å². The molecule has 14 heavy (non-hydrogen) atoms. The van der Waals surface area contributed by atoms with E-state index in [9.17, 15) is 0 Å². The van der Waals surface area contributed by atoms with E-state index in [0.29, 0.717) is 5.04 Å². The van der Waals surface area contributed by atoms with Crippen molar-refractivity contribution in [1.29, 1.82) is 0 Å². The summed E-state index contributed by atoms with van der Waals surface area (Å²) in [6.07, 6.45) is 5.69. The van der Waals surface area contributed by atoms with Gasteiger partial charge in [-0.1, -0.05) is 46.5 Å². The molecule has 0 aromatic rings. The molecule has 0 bridgehead atoms. The predicted octanol–water partition coefficient (Wildman–Crippen LogP) is 4.34. The van der Waals surface area contributed by atoms with Crippen molar-refractivity contribution in [2.45, 2.75) is 70.5 Å². The van der Waals surface area contributed by atoms with Crippen LogP contribution in [0.2, 0.25) is 17.1 Å². The zero-order valence-corrected chi connectivity index (χ0v) is 11.5. The van der Waals surface area contributed by atoms with Gasteiger partial charge in [0.05, 0.1) is 0 Å². The Morgan fingerprint density at radius 2 is 1.71 bits per heavy atom. The fourth-order valence-corrected chi connectivity index (χ4v) is 6.73. The van der Waals surface area contributed by atoms with Crippen molar-refractivity contribution in [1.82, 2.24) is 0 Å². The standard InChI is InChI=1S/C12H26OSi/c1-6-13-14(5,12(2,3)4)11-9-7-8-10-11/h11H,6-10H2,1-5H3. The van der Waals surface area contributed by atoms with Gasteiger partial charge in [0.15, 0.2) is 8.32 Å². The quantitative estimate of drug-likeness (QED) is 0.635. The molecule has 0 aromatic carbocycles. The molecule has 84 valence electrons. The molecular formula is C12H26OSi. The normalized spacial score (nSPS) is 23.8. The molecule has 1 atom stereocenters. The summed E-state index contributed by atoms with van der Waals surface area (Å²) in [5.41, 5.74) is 0.905. The second-order valence-corrected chi connectivity index (χ2v) is 10.6. The van der Waals surface area contributed by atoms with Crippen LogP contribution in [0.3, 0.4) is 0 Å². The minimum atomic E-state index is -1.52. The smallest absolute Gasteiger partial charge is 0.198 e. The first-order chi connectivity index (χ1) is 6.42. The molecule has 1 aliphatic carbocycles. The minimum absolute atomic E-state index is 0.387. The molecule has 1 aliphatic rings. The van der Waals surface area contributed by atoms with E-state index in [-0.39, 0.29) is 0 Å². The van der Waals surface area contributed by atoms with Crippen molar-refractivity contribution in [3.05, 3.63) is 0 Å². The van der Waals surface area contributed by atoms with Gasteiger partial charge >= 0.3 is 0 Å². The average Bonchev–Trinajstić information content (AvgIpc) is 2.54. The summed E-state index contributed by atoms with van der Waals surface area (Å²) in [4.78, 5) is 0. The van der Waals surface area contributed by atoms with Gasteiger partial charge in [0.2, 0.25) is 0 Å². The van der Waals surface area contributed by atoms with Crippen molar-refractivity contribution < 1.29 is 4.43 Å². The summed E-state index contributed by atoms with van der Waals surface area (Å²) in [6, 6.07) is 0. The molecule has 0 radical (unpaired) electrons. The Morgan fingerprint density at radius 1 is 1.21 bits per heavy atom. The predicted molar refractivity (Wildman–Crippen MR) is 65.2 cm³/mol. The van der Waals surface area contributed by atoms with E-state index in [1.165, 1.54) is 25.7 Å². The van der Waals surface area contributed by atoms with E-state index in [2.05, 4.69) is 34.2 Å². The molecule has 2 heteroatoms. The van der Waals surface area contributed by atoms with Crippen LogP contribution < -0.4 is 0 Å². The fraction of sp³-hybridized carbons (Fsp3) is 1.00. The Labute approximate surface area is 90.4 Å². The number of hydrogen-bond donors (Lipinski definition) is 0. The third-order valence-electron chi connectivity index (χ3n) is 4.07. The fourth-order valence-electron chi connectivity index (χ4n) is 2.72. The summed E-state index contributed by atoms with van der Waals surface area (Å²) < 4.78 is 6.22. The molecule has 0 N–H and O–H groups in total. The Bertz CT molecular complexity index is 179. The highest BCUT2D eigenvalue weighted by Gasteiger charge is 2.48. The third-order valence-corrected chi connectivity index (χ3v) is 10.1. The maximum Gasteiger partial charge on any atom is 0.198 e. The van der Waals surface area contributed by atoms with Crippen LogP contribution in [0.1, 0.15) is 53.4 Å². The Balaban J connectivity index is 2.79. The SMILES string of the molecule is CCO[Si](C)(C1CCCC1)C(C)(C)C. The highest BCUT2D eigenvalue weighted by Crippen LogP contribution is 2.50. The van der Waals surface area contributed by atoms with Crippen LogP contribution in [-0.2, 0) is 4.43 Å². The number of rotatable bonds is 3. The van der Waals surface area contributed by atoms with Gasteiger partial charge in [-0.05, 0) is 24.1 Å². The average molecular weight is 214 g/mol. The lowest BCUT2D eigenvalue weighted by Gasteiger charge is -2.43. The van der Waals surface area contributed by atoms with Crippen LogP contribution in [-0.4, -0.2) is 14.9 Å². The van der Waals surface area contributed by atoms with Crippen LogP contribution in [0.4, 0.5) is 0 Å². The van der Waals surface area contributed by atoms with Gasteiger partial charge in [0, 0.05) is 6.61 Å². The van der Waals surface area contributed by atoms with E-state index >= 15 is 0 Å². The van der Waals surface area contributed by atoms with Gasteiger partial charge in [0.1, 0.15) is 0 Å². The summed E-state index contributed by atoms with van der Waals surface area (Å²) in [5.74, 6) is 0. The lowest BCUT2D eigenvalue weighted by Crippen LogP contribution is -2.47. The van der Waals surface area contributed by atoms with E-state index in [1.54, 1.807) is 0 Å². The number of hydrogen-bond acceptors (Lipinski definition) is 1. The van der Waals surface area contributed by atoms with Gasteiger partial charge in [-0.2, -0.15) is 0 Å². The molecular weight excluding hydrogens is 188 g/mol. The lowest BCUT2D eigenvalue weighted by molar-refractivity contribution is 0.290. The monoisotopic (exact) mass is 214 g/mol. The van der Waals surface area contributed by atoms with Gasteiger partial charge in [-0.25, -0.2) is 0 Å². The summed E-state index contributed by atoms with van der Waals surface area (Å²) in [7, 11) is -1.52. The van der Waals surface area contributed by atoms with E-state index < -0.39 is 8.32 Å². The molecule has 1 fully saturated rings. The molecule has 0 aliphatic heterocycles. The second kappa shape index (κ2) is 4.36. The maximum absolute atomic E-state index is 6.22. The van der Waals surface area contributed by atoms with Crippen LogP contribution in [0.15, 0.2) is 0 Å². The van der Waals surface area contributed by atoms with Crippen molar-refractivity contribution >= 4 is 8.32 Å². The Morgan fingerprint density at radius 3 is 2.07 bits per heavy atom. The van der Waals surface area contributed by atoms with E-state index in [4.69, 9.17) is 4.43 Å². The first-order valence-electron chi connectivity index (χ1n) is 6.06.